The molecule has 0 saturated heterocycles. The molecule has 0 aliphatic rings. The number of hydrogen-bond donors (Lipinski definition) is 1. The van der Waals surface area contributed by atoms with E-state index < -0.39 is 0 Å². The van der Waals surface area contributed by atoms with Crippen molar-refractivity contribution < 1.29 is 4.79 Å². The predicted octanol–water partition coefficient (Wildman–Crippen LogP) is 3.71. The Morgan fingerprint density at radius 1 is 1.07 bits per heavy atom. The molecule has 0 saturated carbocycles. The zero-order valence-electron chi connectivity index (χ0n) is 17.1. The fourth-order valence-corrected chi connectivity index (χ4v) is 3.12. The van der Waals surface area contributed by atoms with Crippen LogP contribution in [0.15, 0.2) is 54.7 Å². The van der Waals surface area contributed by atoms with E-state index in [1.165, 1.54) is 5.56 Å². The monoisotopic (exact) mass is 376 g/mol. The summed E-state index contributed by atoms with van der Waals surface area (Å²) in [5.41, 5.74) is 6.60. The zero-order chi connectivity index (χ0) is 20.1. The molecule has 1 N–H and O–H groups in total. The molecule has 0 aliphatic heterocycles. The van der Waals surface area contributed by atoms with Gasteiger partial charge in [-0.05, 0) is 36.6 Å². The number of aryl methyl sites for hydroxylation is 3. The highest BCUT2D eigenvalue weighted by molar-refractivity contribution is 5.76. The molecular formula is C23H28N4O. The number of nitrogens with zero attached hydrogens (tertiary/aromatic N) is 3. The lowest BCUT2D eigenvalue weighted by Crippen LogP contribution is -2.23. The molecule has 3 aromatic rings. The van der Waals surface area contributed by atoms with Gasteiger partial charge in [0.25, 0.3) is 0 Å². The van der Waals surface area contributed by atoms with Crippen LogP contribution in [0, 0.1) is 6.92 Å². The third-order valence-electron chi connectivity index (χ3n) is 4.79. The summed E-state index contributed by atoms with van der Waals surface area (Å²) in [5.74, 6) is 0.0513. The molecule has 2 aromatic carbocycles. The van der Waals surface area contributed by atoms with Gasteiger partial charge in [0.1, 0.15) is 0 Å². The van der Waals surface area contributed by atoms with Crippen LogP contribution in [0.4, 0.5) is 5.69 Å². The Bertz CT molecular complexity index is 924. The number of hydrogen-bond acceptors (Lipinski definition) is 3. The van der Waals surface area contributed by atoms with Crippen molar-refractivity contribution >= 4 is 11.6 Å². The van der Waals surface area contributed by atoms with Gasteiger partial charge in [-0.1, -0.05) is 42.0 Å². The van der Waals surface area contributed by atoms with E-state index in [4.69, 9.17) is 0 Å². The number of amides is 1. The van der Waals surface area contributed by atoms with E-state index in [9.17, 15) is 4.79 Å². The van der Waals surface area contributed by atoms with E-state index in [-0.39, 0.29) is 5.91 Å². The van der Waals surface area contributed by atoms with Crippen LogP contribution in [0.1, 0.15) is 23.1 Å². The summed E-state index contributed by atoms with van der Waals surface area (Å²) < 4.78 is 1.81. The SMILES string of the molecule is Cc1ccc(-c2nn(C)cc2CCC(=O)NCc2ccc(N(C)C)cc2)cc1. The van der Waals surface area contributed by atoms with Gasteiger partial charge in [0.2, 0.25) is 5.91 Å². The van der Waals surface area contributed by atoms with Crippen LogP contribution in [0.3, 0.4) is 0 Å². The van der Waals surface area contributed by atoms with Gasteiger partial charge in [-0.3, -0.25) is 9.48 Å². The van der Waals surface area contributed by atoms with Crippen molar-refractivity contribution in [1.82, 2.24) is 15.1 Å². The highest BCUT2D eigenvalue weighted by atomic mass is 16.1. The standard InChI is InChI=1S/C23H28N4O/c1-17-5-9-19(10-6-17)23-20(16-27(4)25-23)11-14-22(28)24-15-18-7-12-21(13-8-18)26(2)3/h5-10,12-13,16H,11,14-15H2,1-4H3,(H,24,28). The summed E-state index contributed by atoms with van der Waals surface area (Å²) in [6, 6.07) is 16.6. The van der Waals surface area contributed by atoms with Crippen molar-refractivity contribution in [3.05, 3.63) is 71.4 Å². The molecule has 0 bridgehead atoms. The van der Waals surface area contributed by atoms with Gasteiger partial charge in [-0.25, -0.2) is 0 Å². The molecule has 5 heteroatoms. The van der Waals surface area contributed by atoms with E-state index in [2.05, 4.69) is 58.6 Å². The Balaban J connectivity index is 1.57. The molecule has 146 valence electrons. The van der Waals surface area contributed by atoms with Gasteiger partial charge >= 0.3 is 0 Å². The minimum atomic E-state index is 0.0513. The summed E-state index contributed by atoms with van der Waals surface area (Å²) in [6.07, 6.45) is 3.12. The minimum Gasteiger partial charge on any atom is -0.378 e. The Morgan fingerprint density at radius 3 is 2.39 bits per heavy atom. The quantitative estimate of drug-likeness (QED) is 0.684. The average Bonchev–Trinajstić information content (AvgIpc) is 3.06. The zero-order valence-corrected chi connectivity index (χ0v) is 17.1. The fraction of sp³-hybridized carbons (Fsp3) is 0.304. The van der Waals surface area contributed by atoms with Crippen molar-refractivity contribution in [2.75, 3.05) is 19.0 Å². The smallest absolute Gasteiger partial charge is 0.220 e. The Morgan fingerprint density at radius 2 is 1.75 bits per heavy atom. The van der Waals surface area contributed by atoms with Crippen molar-refractivity contribution in [1.29, 1.82) is 0 Å². The van der Waals surface area contributed by atoms with E-state index in [1.54, 1.807) is 0 Å². The number of carbonyl (C=O) groups is 1. The molecule has 3 rings (SSSR count). The van der Waals surface area contributed by atoms with Crippen LogP contribution < -0.4 is 10.2 Å². The Kier molecular flexibility index (Phi) is 6.14. The van der Waals surface area contributed by atoms with Crippen molar-refractivity contribution in [2.24, 2.45) is 7.05 Å². The number of rotatable bonds is 7. The first-order valence-corrected chi connectivity index (χ1v) is 9.55. The summed E-state index contributed by atoms with van der Waals surface area (Å²) >= 11 is 0. The number of carbonyl (C=O) groups excluding carboxylic acids is 1. The second kappa shape index (κ2) is 8.74. The molecule has 5 nitrogen and oxygen atoms in total. The molecule has 0 atom stereocenters. The Hall–Kier alpha value is -3.08. The Labute approximate surface area is 167 Å². The molecule has 0 spiro atoms. The van der Waals surface area contributed by atoms with Crippen LogP contribution in [-0.2, 0) is 24.8 Å². The summed E-state index contributed by atoms with van der Waals surface area (Å²) in [5, 5.41) is 7.60. The molecule has 28 heavy (non-hydrogen) atoms. The third kappa shape index (κ3) is 5.00. The number of nitrogens with one attached hydrogen (secondary N) is 1. The molecule has 1 aromatic heterocycles. The molecule has 0 aliphatic carbocycles. The predicted molar refractivity (Wildman–Crippen MR) is 114 cm³/mol. The maximum Gasteiger partial charge on any atom is 0.220 e. The summed E-state index contributed by atoms with van der Waals surface area (Å²) in [7, 11) is 5.94. The second-order valence-electron chi connectivity index (χ2n) is 7.38. The van der Waals surface area contributed by atoms with Gasteiger partial charge in [-0.15, -0.1) is 0 Å². The lowest BCUT2D eigenvalue weighted by molar-refractivity contribution is -0.121. The average molecular weight is 377 g/mol. The highest BCUT2D eigenvalue weighted by Crippen LogP contribution is 2.23. The van der Waals surface area contributed by atoms with Crippen LogP contribution in [0.25, 0.3) is 11.3 Å². The van der Waals surface area contributed by atoms with E-state index in [0.717, 1.165) is 28.1 Å². The molecule has 1 heterocycles. The molecule has 0 unspecified atom stereocenters. The number of benzene rings is 2. The fourth-order valence-electron chi connectivity index (χ4n) is 3.12. The summed E-state index contributed by atoms with van der Waals surface area (Å²) in [6.45, 7) is 2.62. The van der Waals surface area contributed by atoms with Crippen LogP contribution in [0.5, 0.6) is 0 Å². The van der Waals surface area contributed by atoms with Crippen molar-refractivity contribution in [3.63, 3.8) is 0 Å². The topological polar surface area (TPSA) is 50.2 Å². The first kappa shape index (κ1) is 19.7. The van der Waals surface area contributed by atoms with E-state index >= 15 is 0 Å². The molecule has 0 fully saturated rings. The third-order valence-corrected chi connectivity index (χ3v) is 4.79. The minimum absolute atomic E-state index is 0.0513. The second-order valence-corrected chi connectivity index (χ2v) is 7.38. The van der Waals surface area contributed by atoms with Gasteiger partial charge in [0.05, 0.1) is 5.69 Å². The highest BCUT2D eigenvalue weighted by Gasteiger charge is 2.12. The van der Waals surface area contributed by atoms with E-state index in [1.807, 2.05) is 44.2 Å². The van der Waals surface area contributed by atoms with Gasteiger partial charge in [-0.2, -0.15) is 5.10 Å². The van der Waals surface area contributed by atoms with Crippen molar-refractivity contribution in [2.45, 2.75) is 26.3 Å². The van der Waals surface area contributed by atoms with Crippen LogP contribution >= 0.6 is 0 Å². The normalized spacial score (nSPS) is 10.7. The number of anilines is 1. The van der Waals surface area contributed by atoms with Gasteiger partial charge in [0, 0.05) is 51.6 Å². The lowest BCUT2D eigenvalue weighted by Gasteiger charge is -2.13. The number of aromatic nitrogens is 2. The largest absolute Gasteiger partial charge is 0.378 e. The van der Waals surface area contributed by atoms with E-state index in [0.29, 0.717) is 19.4 Å². The van der Waals surface area contributed by atoms with Gasteiger partial charge in [0.15, 0.2) is 0 Å². The molecule has 1 amide bonds. The van der Waals surface area contributed by atoms with Crippen LogP contribution in [-0.4, -0.2) is 29.8 Å². The molecular weight excluding hydrogens is 348 g/mol. The maximum absolute atomic E-state index is 12.3. The van der Waals surface area contributed by atoms with Gasteiger partial charge < -0.3 is 10.2 Å². The first-order valence-electron chi connectivity index (χ1n) is 9.55. The lowest BCUT2D eigenvalue weighted by atomic mass is 10.0. The molecule has 0 radical (unpaired) electrons. The van der Waals surface area contributed by atoms with Crippen molar-refractivity contribution in [3.8, 4) is 11.3 Å². The maximum atomic E-state index is 12.3. The summed E-state index contributed by atoms with van der Waals surface area (Å²) in [4.78, 5) is 14.4. The first-order chi connectivity index (χ1) is 13.4. The van der Waals surface area contributed by atoms with Crippen LogP contribution in [0.2, 0.25) is 0 Å².